The summed E-state index contributed by atoms with van der Waals surface area (Å²) in [5.41, 5.74) is 2.03. The predicted molar refractivity (Wildman–Crippen MR) is 80.6 cm³/mol. The van der Waals surface area contributed by atoms with Gasteiger partial charge in [0.25, 0.3) is 0 Å². The van der Waals surface area contributed by atoms with Gasteiger partial charge in [-0.3, -0.25) is 0 Å². The molecule has 0 saturated carbocycles. The number of nitrogens with zero attached hydrogens (tertiary/aromatic N) is 1. The molecular weight excluding hydrogens is 277 g/mol. The van der Waals surface area contributed by atoms with E-state index in [1.807, 2.05) is 36.2 Å². The number of anilines is 1. The third kappa shape index (κ3) is 3.30. The van der Waals surface area contributed by atoms with Crippen molar-refractivity contribution in [1.29, 1.82) is 0 Å². The minimum absolute atomic E-state index is 0.317. The lowest BCUT2D eigenvalue weighted by Gasteiger charge is -2.24. The largest absolute Gasteiger partial charge is 0.389 e. The second-order valence-corrected chi connectivity index (χ2v) is 5.27. The molecule has 0 saturated heterocycles. The van der Waals surface area contributed by atoms with Crippen LogP contribution in [0, 0.1) is 5.82 Å². The zero-order valence-electron chi connectivity index (χ0n) is 11.5. The van der Waals surface area contributed by atoms with Crippen molar-refractivity contribution in [2.45, 2.75) is 19.6 Å². The Morgan fingerprint density at radius 1 is 1.25 bits per heavy atom. The number of hydrogen-bond donors (Lipinski definition) is 1. The fourth-order valence-corrected chi connectivity index (χ4v) is 2.48. The van der Waals surface area contributed by atoms with E-state index in [1.54, 1.807) is 19.1 Å². The summed E-state index contributed by atoms with van der Waals surface area (Å²) in [6.07, 6.45) is -0.854. The summed E-state index contributed by atoms with van der Waals surface area (Å²) in [5, 5.41) is 10.4. The topological polar surface area (TPSA) is 23.5 Å². The smallest absolute Gasteiger partial charge is 0.131 e. The van der Waals surface area contributed by atoms with Crippen LogP contribution in [0.25, 0.3) is 0 Å². The molecular formula is C16H17ClFNO. The maximum Gasteiger partial charge on any atom is 0.131 e. The molecule has 0 aliphatic carbocycles. The van der Waals surface area contributed by atoms with Gasteiger partial charge in [-0.15, -0.1) is 0 Å². The molecule has 0 radical (unpaired) electrons. The van der Waals surface area contributed by atoms with Gasteiger partial charge >= 0.3 is 0 Å². The molecule has 0 amide bonds. The summed E-state index contributed by atoms with van der Waals surface area (Å²) in [7, 11) is 1.86. The summed E-state index contributed by atoms with van der Waals surface area (Å²) < 4.78 is 13.9. The molecule has 1 atom stereocenters. The highest BCUT2D eigenvalue weighted by molar-refractivity contribution is 6.30. The average molecular weight is 294 g/mol. The molecule has 4 heteroatoms. The first-order valence-corrected chi connectivity index (χ1v) is 6.79. The molecule has 0 spiro atoms. The zero-order valence-corrected chi connectivity index (χ0v) is 12.2. The molecule has 106 valence electrons. The highest BCUT2D eigenvalue weighted by Gasteiger charge is 2.16. The lowest BCUT2D eigenvalue weighted by atomic mass is 10.1. The molecule has 0 unspecified atom stereocenters. The molecule has 2 nitrogen and oxygen atoms in total. The van der Waals surface area contributed by atoms with Gasteiger partial charge in [0, 0.05) is 29.9 Å². The van der Waals surface area contributed by atoms with Gasteiger partial charge in [-0.05, 0) is 36.8 Å². The molecule has 0 aromatic heterocycles. The van der Waals surface area contributed by atoms with Crippen LogP contribution in [0.15, 0.2) is 42.5 Å². The van der Waals surface area contributed by atoms with Gasteiger partial charge in [-0.2, -0.15) is 0 Å². The highest BCUT2D eigenvalue weighted by atomic mass is 35.5. The molecule has 2 aromatic carbocycles. The summed E-state index contributed by atoms with van der Waals surface area (Å²) in [5.74, 6) is -0.393. The van der Waals surface area contributed by atoms with Crippen LogP contribution >= 0.6 is 11.6 Å². The Labute approximate surface area is 123 Å². The summed E-state index contributed by atoms with van der Waals surface area (Å²) >= 11 is 5.96. The van der Waals surface area contributed by atoms with Crippen LogP contribution in [0.4, 0.5) is 10.1 Å². The number of benzene rings is 2. The standard InChI is InChI=1S/C16H17ClFNO/c1-11(20)16-14(18)7-4-8-15(16)19(2)10-12-5-3-6-13(17)9-12/h3-9,11,20H,10H2,1-2H3/t11-/m0/s1. The number of aliphatic hydroxyl groups excluding tert-OH is 1. The second-order valence-electron chi connectivity index (χ2n) is 4.83. The normalized spacial score (nSPS) is 12.2. The molecule has 0 bridgehead atoms. The first kappa shape index (κ1) is 14.8. The van der Waals surface area contributed by atoms with Crippen LogP contribution in [-0.2, 0) is 6.54 Å². The lowest BCUT2D eigenvalue weighted by molar-refractivity contribution is 0.194. The van der Waals surface area contributed by atoms with Crippen molar-refractivity contribution < 1.29 is 9.50 Å². The molecule has 1 N–H and O–H groups in total. The van der Waals surface area contributed by atoms with Crippen LogP contribution in [0.3, 0.4) is 0 Å². The zero-order chi connectivity index (χ0) is 14.7. The minimum Gasteiger partial charge on any atom is -0.389 e. The molecule has 0 aliphatic heterocycles. The van der Waals surface area contributed by atoms with E-state index in [1.165, 1.54) is 6.07 Å². The highest BCUT2D eigenvalue weighted by Crippen LogP contribution is 2.29. The Balaban J connectivity index is 2.30. The van der Waals surface area contributed by atoms with Crippen molar-refractivity contribution in [2.75, 3.05) is 11.9 Å². The Bertz CT molecular complexity index is 601. The molecule has 2 rings (SSSR count). The monoisotopic (exact) mass is 293 g/mol. The third-order valence-corrected chi connectivity index (χ3v) is 3.40. The van der Waals surface area contributed by atoms with E-state index in [0.717, 1.165) is 5.56 Å². The SMILES string of the molecule is C[C@H](O)c1c(F)cccc1N(C)Cc1cccc(Cl)c1. The van der Waals surface area contributed by atoms with Gasteiger partial charge < -0.3 is 10.0 Å². The Kier molecular flexibility index (Phi) is 4.63. The van der Waals surface area contributed by atoms with E-state index in [4.69, 9.17) is 11.6 Å². The van der Waals surface area contributed by atoms with E-state index >= 15 is 0 Å². The van der Waals surface area contributed by atoms with Crippen LogP contribution in [0.2, 0.25) is 5.02 Å². The maximum absolute atomic E-state index is 13.9. The fourth-order valence-electron chi connectivity index (χ4n) is 2.27. The Morgan fingerprint density at radius 3 is 2.60 bits per heavy atom. The Hall–Kier alpha value is -1.58. The first-order chi connectivity index (χ1) is 9.49. The molecule has 0 fully saturated rings. The van der Waals surface area contributed by atoms with Gasteiger partial charge in [0.05, 0.1) is 6.10 Å². The minimum atomic E-state index is -0.854. The lowest BCUT2D eigenvalue weighted by Crippen LogP contribution is -2.19. The molecule has 0 aliphatic rings. The number of halogens is 2. The van der Waals surface area contributed by atoms with Gasteiger partial charge in [0.2, 0.25) is 0 Å². The van der Waals surface area contributed by atoms with E-state index in [9.17, 15) is 9.50 Å². The van der Waals surface area contributed by atoms with Gasteiger partial charge in [-0.1, -0.05) is 29.8 Å². The van der Waals surface area contributed by atoms with Crippen molar-refractivity contribution in [3.8, 4) is 0 Å². The first-order valence-electron chi connectivity index (χ1n) is 6.41. The fraction of sp³-hybridized carbons (Fsp3) is 0.250. The second kappa shape index (κ2) is 6.25. The van der Waals surface area contributed by atoms with Crippen molar-refractivity contribution >= 4 is 17.3 Å². The number of hydrogen-bond acceptors (Lipinski definition) is 2. The number of rotatable bonds is 4. The van der Waals surface area contributed by atoms with Gasteiger partial charge in [0.1, 0.15) is 5.82 Å². The summed E-state index contributed by atoms with van der Waals surface area (Å²) in [4.78, 5) is 1.90. The van der Waals surface area contributed by atoms with E-state index in [0.29, 0.717) is 22.8 Å². The van der Waals surface area contributed by atoms with Crippen LogP contribution < -0.4 is 4.90 Å². The quantitative estimate of drug-likeness (QED) is 0.914. The molecule has 20 heavy (non-hydrogen) atoms. The van der Waals surface area contributed by atoms with Gasteiger partial charge in [0.15, 0.2) is 0 Å². The number of aliphatic hydroxyl groups is 1. The van der Waals surface area contributed by atoms with Crippen molar-refractivity contribution in [3.63, 3.8) is 0 Å². The third-order valence-electron chi connectivity index (χ3n) is 3.17. The summed E-state index contributed by atoms with van der Waals surface area (Å²) in [6.45, 7) is 2.15. The summed E-state index contributed by atoms with van der Waals surface area (Å²) in [6, 6.07) is 12.3. The van der Waals surface area contributed by atoms with E-state index in [-0.39, 0.29) is 0 Å². The van der Waals surface area contributed by atoms with Crippen LogP contribution in [0.1, 0.15) is 24.2 Å². The predicted octanol–water partition coefficient (Wildman–Crippen LogP) is 4.17. The van der Waals surface area contributed by atoms with Crippen molar-refractivity contribution in [1.82, 2.24) is 0 Å². The van der Waals surface area contributed by atoms with Crippen molar-refractivity contribution in [2.24, 2.45) is 0 Å². The van der Waals surface area contributed by atoms with E-state index < -0.39 is 11.9 Å². The Morgan fingerprint density at radius 2 is 1.95 bits per heavy atom. The molecule has 2 aromatic rings. The van der Waals surface area contributed by atoms with Gasteiger partial charge in [-0.25, -0.2) is 4.39 Å². The van der Waals surface area contributed by atoms with Crippen LogP contribution in [-0.4, -0.2) is 12.2 Å². The average Bonchev–Trinajstić information content (AvgIpc) is 2.37. The molecule has 0 heterocycles. The van der Waals surface area contributed by atoms with Crippen LogP contribution in [0.5, 0.6) is 0 Å². The van der Waals surface area contributed by atoms with E-state index in [2.05, 4.69) is 0 Å². The maximum atomic E-state index is 13.9. The van der Waals surface area contributed by atoms with Crippen molar-refractivity contribution in [3.05, 3.63) is 64.4 Å².